The van der Waals surface area contributed by atoms with Gasteiger partial charge in [0.1, 0.15) is 18.1 Å². The van der Waals surface area contributed by atoms with Crippen molar-refractivity contribution >= 4 is 28.7 Å². The van der Waals surface area contributed by atoms with Gasteiger partial charge in [-0.25, -0.2) is 4.98 Å². The van der Waals surface area contributed by atoms with Crippen molar-refractivity contribution < 1.29 is 9.53 Å². The number of carbonyl (C=O) groups is 1. The van der Waals surface area contributed by atoms with E-state index in [0.717, 1.165) is 40.3 Å². The first kappa shape index (κ1) is 17.0. The van der Waals surface area contributed by atoms with Gasteiger partial charge in [0.05, 0.1) is 29.4 Å². The van der Waals surface area contributed by atoms with Crippen LogP contribution in [0.5, 0.6) is 5.75 Å². The minimum absolute atomic E-state index is 0.00258. The van der Waals surface area contributed by atoms with Crippen molar-refractivity contribution in [1.82, 2.24) is 14.9 Å². The number of ether oxygens (including phenoxy) is 1. The molecule has 1 aromatic heterocycles. The topological polar surface area (TPSA) is 56.2 Å². The summed E-state index contributed by atoms with van der Waals surface area (Å²) >= 11 is 1.71. The molecule has 0 spiro atoms. The molecule has 0 bridgehead atoms. The fraction of sp³-hybridized carbons (Fsp3) is 0.300. The van der Waals surface area contributed by atoms with Crippen LogP contribution in [0.2, 0.25) is 0 Å². The van der Waals surface area contributed by atoms with Crippen LogP contribution >= 0.6 is 11.8 Å². The standard InChI is InChI=1S/C20H21N3O2S/c1-26-13-19-21-16-7-3-4-8-17(16)23(19)12-20(24)22-15-10-11-25-18-9-5-2-6-14(15)18/h2-9,15H,10-13H2,1H3,(H,22,24). The van der Waals surface area contributed by atoms with E-state index in [9.17, 15) is 4.79 Å². The monoisotopic (exact) mass is 367 g/mol. The van der Waals surface area contributed by atoms with Gasteiger partial charge in [0.25, 0.3) is 0 Å². The zero-order valence-electron chi connectivity index (χ0n) is 14.6. The molecule has 0 aliphatic carbocycles. The first-order chi connectivity index (χ1) is 12.8. The van der Waals surface area contributed by atoms with Gasteiger partial charge in [0.2, 0.25) is 5.91 Å². The summed E-state index contributed by atoms with van der Waals surface area (Å²) in [5.74, 6) is 2.57. The molecule has 0 fully saturated rings. The zero-order chi connectivity index (χ0) is 17.9. The third-order valence-electron chi connectivity index (χ3n) is 4.60. The second-order valence-corrected chi connectivity index (χ2v) is 7.20. The Hall–Kier alpha value is -2.47. The number of nitrogens with zero attached hydrogens (tertiary/aromatic N) is 2. The second-order valence-electron chi connectivity index (χ2n) is 6.33. The number of nitrogens with one attached hydrogen (secondary N) is 1. The third kappa shape index (κ3) is 3.29. The number of thioether (sulfide) groups is 1. The molecule has 2 aromatic carbocycles. The van der Waals surface area contributed by atoms with E-state index in [4.69, 9.17) is 4.74 Å². The van der Waals surface area contributed by atoms with E-state index >= 15 is 0 Å². The van der Waals surface area contributed by atoms with Gasteiger partial charge in [-0.05, 0) is 24.5 Å². The molecule has 3 aromatic rings. The normalized spacial score (nSPS) is 16.1. The van der Waals surface area contributed by atoms with E-state index in [-0.39, 0.29) is 18.5 Å². The molecule has 1 N–H and O–H groups in total. The van der Waals surface area contributed by atoms with Crippen molar-refractivity contribution in [2.24, 2.45) is 0 Å². The van der Waals surface area contributed by atoms with Gasteiger partial charge >= 0.3 is 0 Å². The Morgan fingerprint density at radius 2 is 2.08 bits per heavy atom. The Morgan fingerprint density at radius 1 is 1.27 bits per heavy atom. The molecule has 1 atom stereocenters. The van der Waals surface area contributed by atoms with Gasteiger partial charge in [-0.1, -0.05) is 30.3 Å². The molecule has 4 rings (SSSR count). The highest BCUT2D eigenvalue weighted by Crippen LogP contribution is 2.31. The second kappa shape index (κ2) is 7.41. The summed E-state index contributed by atoms with van der Waals surface area (Å²) in [6.45, 7) is 0.892. The fourth-order valence-electron chi connectivity index (χ4n) is 3.42. The number of hydrogen-bond donors (Lipinski definition) is 1. The Bertz CT molecular complexity index is 938. The molecule has 6 heteroatoms. The summed E-state index contributed by atoms with van der Waals surface area (Å²) in [5, 5.41) is 3.17. The molecular weight excluding hydrogens is 346 g/mol. The minimum atomic E-state index is -0.00812. The number of fused-ring (bicyclic) bond motifs is 2. The zero-order valence-corrected chi connectivity index (χ0v) is 15.5. The molecule has 0 radical (unpaired) electrons. The molecule has 134 valence electrons. The van der Waals surface area contributed by atoms with Crippen molar-refractivity contribution in [2.45, 2.75) is 24.8 Å². The predicted molar refractivity (Wildman–Crippen MR) is 104 cm³/mol. The van der Waals surface area contributed by atoms with Gasteiger partial charge in [0.15, 0.2) is 0 Å². The Morgan fingerprint density at radius 3 is 2.96 bits per heavy atom. The van der Waals surface area contributed by atoms with Crippen LogP contribution in [0.15, 0.2) is 48.5 Å². The van der Waals surface area contributed by atoms with E-state index in [0.29, 0.717) is 6.61 Å². The molecule has 1 aliphatic heterocycles. The van der Waals surface area contributed by atoms with Gasteiger partial charge < -0.3 is 14.6 Å². The van der Waals surface area contributed by atoms with Crippen molar-refractivity contribution in [1.29, 1.82) is 0 Å². The molecule has 5 nitrogen and oxygen atoms in total. The molecule has 0 saturated carbocycles. The highest BCUT2D eigenvalue weighted by atomic mass is 32.2. The first-order valence-electron chi connectivity index (χ1n) is 8.70. The molecule has 0 saturated heterocycles. The van der Waals surface area contributed by atoms with Crippen molar-refractivity contribution in [3.63, 3.8) is 0 Å². The lowest BCUT2D eigenvalue weighted by molar-refractivity contribution is -0.122. The summed E-state index contributed by atoms with van der Waals surface area (Å²) in [7, 11) is 0. The summed E-state index contributed by atoms with van der Waals surface area (Å²) in [5.41, 5.74) is 2.98. The molecule has 1 amide bonds. The van der Waals surface area contributed by atoms with E-state index in [1.807, 2.05) is 59.4 Å². The van der Waals surface area contributed by atoms with Crippen molar-refractivity contribution in [3.8, 4) is 5.75 Å². The molecule has 1 unspecified atom stereocenters. The van der Waals surface area contributed by atoms with Gasteiger partial charge in [-0.3, -0.25) is 4.79 Å². The number of para-hydroxylation sites is 3. The van der Waals surface area contributed by atoms with E-state index in [2.05, 4.69) is 10.3 Å². The number of rotatable bonds is 5. The van der Waals surface area contributed by atoms with Crippen LogP contribution in [0.3, 0.4) is 0 Å². The summed E-state index contributed by atoms with van der Waals surface area (Å²) in [6.07, 6.45) is 2.83. The van der Waals surface area contributed by atoms with Crippen LogP contribution in [-0.4, -0.2) is 28.3 Å². The maximum atomic E-state index is 12.8. The number of amides is 1. The van der Waals surface area contributed by atoms with Crippen LogP contribution in [-0.2, 0) is 17.1 Å². The quantitative estimate of drug-likeness (QED) is 0.749. The van der Waals surface area contributed by atoms with Crippen LogP contribution < -0.4 is 10.1 Å². The Kier molecular flexibility index (Phi) is 4.84. The molecule has 26 heavy (non-hydrogen) atoms. The highest BCUT2D eigenvalue weighted by molar-refractivity contribution is 7.97. The maximum Gasteiger partial charge on any atom is 0.240 e. The third-order valence-corrected chi connectivity index (χ3v) is 5.15. The Labute approximate surface area is 156 Å². The van der Waals surface area contributed by atoms with Crippen molar-refractivity contribution in [3.05, 3.63) is 59.9 Å². The fourth-order valence-corrected chi connectivity index (χ4v) is 3.90. The van der Waals surface area contributed by atoms with Crippen LogP contribution in [0.25, 0.3) is 11.0 Å². The van der Waals surface area contributed by atoms with E-state index in [1.54, 1.807) is 11.8 Å². The van der Waals surface area contributed by atoms with Crippen LogP contribution in [0.1, 0.15) is 23.9 Å². The summed E-state index contributed by atoms with van der Waals surface area (Å²) in [4.78, 5) is 17.5. The maximum absolute atomic E-state index is 12.8. The number of benzene rings is 2. The largest absolute Gasteiger partial charge is 0.493 e. The average Bonchev–Trinajstić information content (AvgIpc) is 3.00. The molecule has 1 aliphatic rings. The van der Waals surface area contributed by atoms with Gasteiger partial charge in [-0.15, -0.1) is 0 Å². The van der Waals surface area contributed by atoms with Crippen LogP contribution in [0, 0.1) is 0 Å². The number of imidazole rings is 1. The van der Waals surface area contributed by atoms with Crippen molar-refractivity contribution in [2.75, 3.05) is 12.9 Å². The number of carbonyl (C=O) groups excluding carboxylic acids is 1. The molecule has 2 heterocycles. The Balaban J connectivity index is 1.56. The van der Waals surface area contributed by atoms with E-state index < -0.39 is 0 Å². The minimum Gasteiger partial charge on any atom is -0.493 e. The molecular formula is C20H21N3O2S. The average molecular weight is 367 g/mol. The highest BCUT2D eigenvalue weighted by Gasteiger charge is 2.23. The summed E-state index contributed by atoms with van der Waals surface area (Å²) in [6, 6.07) is 15.9. The lowest BCUT2D eigenvalue weighted by Crippen LogP contribution is -2.34. The SMILES string of the molecule is CSCc1nc2ccccc2n1CC(=O)NC1CCOc2ccccc21. The first-order valence-corrected chi connectivity index (χ1v) is 10.1. The predicted octanol–water partition coefficient (Wildman–Crippen LogP) is 3.54. The van der Waals surface area contributed by atoms with Gasteiger partial charge in [-0.2, -0.15) is 11.8 Å². The van der Waals surface area contributed by atoms with Crippen LogP contribution in [0.4, 0.5) is 0 Å². The van der Waals surface area contributed by atoms with Gasteiger partial charge in [0, 0.05) is 12.0 Å². The number of hydrogen-bond acceptors (Lipinski definition) is 4. The smallest absolute Gasteiger partial charge is 0.240 e. The number of aromatic nitrogens is 2. The lowest BCUT2D eigenvalue weighted by atomic mass is 10.0. The van der Waals surface area contributed by atoms with E-state index in [1.165, 1.54) is 0 Å². The summed E-state index contributed by atoms with van der Waals surface area (Å²) < 4.78 is 7.70. The lowest BCUT2D eigenvalue weighted by Gasteiger charge is -2.26.